The molecule has 0 saturated heterocycles. The monoisotopic (exact) mass is 1010 g/mol. The Bertz CT molecular complexity index is 2110. The summed E-state index contributed by atoms with van der Waals surface area (Å²) < 4.78 is 15.3. The Morgan fingerprint density at radius 1 is 0.367 bits per heavy atom. The van der Waals surface area contributed by atoms with Gasteiger partial charge in [-0.15, -0.1) is 0 Å². The van der Waals surface area contributed by atoms with Gasteiger partial charge in [0.05, 0.1) is 30.1 Å². The molecule has 0 aliphatic rings. The van der Waals surface area contributed by atoms with Crippen LogP contribution in [0, 0.1) is 0 Å². The van der Waals surface area contributed by atoms with E-state index in [1.54, 1.807) is 44.6 Å². The van der Waals surface area contributed by atoms with Crippen LogP contribution < -0.4 is 46.0 Å². The van der Waals surface area contributed by atoms with Crippen LogP contribution in [0.2, 0.25) is 0 Å². The van der Waals surface area contributed by atoms with Gasteiger partial charge in [0.25, 0.3) is 0 Å². The van der Waals surface area contributed by atoms with E-state index in [2.05, 4.69) is 182 Å². The maximum atomic E-state index is 11.7. The van der Waals surface area contributed by atoms with Gasteiger partial charge in [0.1, 0.15) is 49.1 Å². The molecule has 8 rings (SSSR count). The summed E-state index contributed by atoms with van der Waals surface area (Å²) >= 11 is 0. The Hall–Kier alpha value is -5.88. The van der Waals surface area contributed by atoms with E-state index in [9.17, 15) is 4.79 Å². The number of ether oxygens (including phenoxy) is 3. The molecule has 8 aromatic carbocycles. The van der Waals surface area contributed by atoms with Gasteiger partial charge in [-0.05, 0) is 121 Å². The number of benzene rings is 8. The van der Waals surface area contributed by atoms with Crippen molar-refractivity contribution < 1.29 is 40.1 Å². The number of methoxy groups -OCH3 is 2. The van der Waals surface area contributed by atoms with Gasteiger partial charge in [-0.25, -0.2) is 4.79 Å². The van der Waals surface area contributed by atoms with Gasteiger partial charge < -0.3 is 14.2 Å². The zero-order valence-corrected chi connectivity index (χ0v) is 37.8. The summed E-state index contributed by atoms with van der Waals surface area (Å²) in [5.41, 5.74) is 0.891. The molecule has 0 saturated carbocycles. The smallest absolute Gasteiger partial charge is 0.336 e. The van der Waals surface area contributed by atoms with Crippen LogP contribution in [-0.4, -0.2) is 20.2 Å². The Balaban J connectivity index is 0.000000169. The first-order valence-corrected chi connectivity index (χ1v) is 22.4. The van der Waals surface area contributed by atoms with Crippen molar-refractivity contribution in [3.63, 3.8) is 0 Å². The first kappa shape index (κ1) is 45.2. The van der Waals surface area contributed by atoms with Crippen molar-refractivity contribution in [3.8, 4) is 17.2 Å². The molecule has 0 aliphatic heterocycles. The third-order valence-corrected chi connectivity index (χ3v) is 14.6. The Labute approximate surface area is 371 Å². The average molecular weight is 1010 g/mol. The van der Waals surface area contributed by atoms with Crippen molar-refractivity contribution in [1.29, 1.82) is 0 Å². The topological polar surface area (TPSA) is 44.8 Å². The number of rotatable bonds is 11. The fourth-order valence-electron chi connectivity index (χ4n) is 6.30. The molecular formula is C53H48O4P2Pt+2. The molecule has 0 fully saturated rings. The van der Waals surface area contributed by atoms with Crippen molar-refractivity contribution in [2.45, 2.75) is 0 Å². The minimum Gasteiger partial charge on any atom is -0.497 e. The fraction of sp³-hybridized carbons (Fsp3) is 0.0377. The van der Waals surface area contributed by atoms with Gasteiger partial charge in [0, 0.05) is 27.1 Å². The van der Waals surface area contributed by atoms with E-state index >= 15 is 0 Å². The second-order valence-electron chi connectivity index (χ2n) is 13.1. The van der Waals surface area contributed by atoms with Crippen LogP contribution >= 0.6 is 15.8 Å². The van der Waals surface area contributed by atoms with E-state index < -0.39 is 21.8 Å². The standard InChI is InChI=1S/2C18H15P.C17H16O4.Pt/c2*1-4-10-16(11-5-1)19(17-12-6-2-7-13-17)18-14-8-3-9-15-18;1-19-14-6-3-13(4-7-14)5-12-17(18)21-16-10-8-15(20-2)9-11-16;/h2*1-15H;3-12H,1-2H3;/p+2/b;;12-5+;. The van der Waals surface area contributed by atoms with Gasteiger partial charge >= 0.3 is 5.97 Å². The van der Waals surface area contributed by atoms with E-state index in [0.29, 0.717) is 11.5 Å². The van der Waals surface area contributed by atoms with Crippen LogP contribution in [0.1, 0.15) is 5.56 Å². The third kappa shape index (κ3) is 13.9. The van der Waals surface area contributed by atoms with E-state index in [1.165, 1.54) is 37.9 Å². The fourth-order valence-corrected chi connectivity index (χ4v) is 11.5. The molecule has 0 bridgehead atoms. The normalized spacial score (nSPS) is 10.3. The van der Waals surface area contributed by atoms with Crippen molar-refractivity contribution in [2.75, 3.05) is 14.2 Å². The Morgan fingerprint density at radius 2 is 0.617 bits per heavy atom. The molecule has 8 aromatic rings. The summed E-state index contributed by atoms with van der Waals surface area (Å²) in [5, 5.41) is 8.61. The SMILES string of the molecule is COc1ccc(/C=C/C(=O)Oc2ccc(OC)cc2)cc1.[Pt].c1ccc([PH+](c2ccccc2)c2ccccc2)cc1.c1ccc([PH+](c2ccccc2)c2ccccc2)cc1. The van der Waals surface area contributed by atoms with Crippen LogP contribution in [0.4, 0.5) is 0 Å². The van der Waals surface area contributed by atoms with E-state index in [4.69, 9.17) is 14.2 Å². The zero-order valence-electron chi connectivity index (χ0n) is 33.5. The average Bonchev–Trinajstić information content (AvgIpc) is 3.31. The van der Waals surface area contributed by atoms with Gasteiger partial charge in [-0.3, -0.25) is 0 Å². The predicted octanol–water partition coefficient (Wildman–Crippen LogP) is 9.67. The van der Waals surface area contributed by atoms with Crippen LogP contribution in [0.15, 0.2) is 237 Å². The summed E-state index contributed by atoms with van der Waals surface area (Å²) in [5.74, 6) is 1.52. The predicted molar refractivity (Wildman–Crippen MR) is 254 cm³/mol. The van der Waals surface area contributed by atoms with Crippen LogP contribution in [0.5, 0.6) is 17.2 Å². The summed E-state index contributed by atoms with van der Waals surface area (Å²) in [4.78, 5) is 11.7. The summed E-state index contributed by atoms with van der Waals surface area (Å²) in [6.45, 7) is 0. The molecule has 0 unspecified atom stereocenters. The molecule has 0 heterocycles. The molecule has 0 aliphatic carbocycles. The molecule has 7 heteroatoms. The molecule has 4 nitrogen and oxygen atoms in total. The van der Waals surface area contributed by atoms with Crippen LogP contribution in [0.3, 0.4) is 0 Å². The molecule has 0 atom stereocenters. The second kappa shape index (κ2) is 24.9. The largest absolute Gasteiger partial charge is 0.497 e. The molecule has 60 heavy (non-hydrogen) atoms. The van der Waals surface area contributed by atoms with Crippen molar-refractivity contribution in [3.05, 3.63) is 242 Å². The first-order valence-electron chi connectivity index (χ1n) is 19.4. The Kier molecular flexibility index (Phi) is 18.8. The number of hydrogen-bond donors (Lipinski definition) is 0. The van der Waals surface area contributed by atoms with Gasteiger partial charge in [-0.1, -0.05) is 121 Å². The van der Waals surface area contributed by atoms with Crippen LogP contribution in [0.25, 0.3) is 6.08 Å². The molecular weight excluding hydrogens is 958 g/mol. The Morgan fingerprint density at radius 3 is 0.883 bits per heavy atom. The van der Waals surface area contributed by atoms with Crippen molar-refractivity contribution >= 4 is 59.7 Å². The minimum atomic E-state index is -0.877. The van der Waals surface area contributed by atoms with Crippen LogP contribution in [-0.2, 0) is 25.9 Å². The van der Waals surface area contributed by atoms with E-state index in [-0.39, 0.29) is 21.1 Å². The number of hydrogen-bond acceptors (Lipinski definition) is 4. The van der Waals surface area contributed by atoms with Gasteiger partial charge in [0.15, 0.2) is 0 Å². The van der Waals surface area contributed by atoms with Crippen molar-refractivity contribution in [2.24, 2.45) is 0 Å². The summed E-state index contributed by atoms with van der Waals surface area (Å²) in [6, 6.07) is 79.2. The molecule has 0 N–H and O–H groups in total. The number of carbonyl (C=O) groups is 1. The summed E-state index contributed by atoms with van der Waals surface area (Å²) in [6.07, 6.45) is 3.07. The second-order valence-corrected chi connectivity index (χ2v) is 18.1. The quantitative estimate of drug-likeness (QED) is 0.0561. The first-order chi connectivity index (χ1) is 29.1. The molecule has 0 amide bonds. The van der Waals surface area contributed by atoms with Crippen molar-refractivity contribution in [1.82, 2.24) is 0 Å². The molecule has 0 aromatic heterocycles. The third-order valence-electron chi connectivity index (χ3n) is 9.18. The maximum Gasteiger partial charge on any atom is 0.336 e. The molecule has 0 radical (unpaired) electrons. The maximum absolute atomic E-state index is 11.7. The minimum absolute atomic E-state index is 0. The molecule has 0 spiro atoms. The van der Waals surface area contributed by atoms with Gasteiger partial charge in [-0.2, -0.15) is 0 Å². The van der Waals surface area contributed by atoms with E-state index in [0.717, 1.165) is 11.3 Å². The van der Waals surface area contributed by atoms with Gasteiger partial charge in [0.2, 0.25) is 0 Å². The van der Waals surface area contributed by atoms with E-state index in [1.807, 2.05) is 24.3 Å². The zero-order chi connectivity index (χ0) is 40.9. The summed E-state index contributed by atoms with van der Waals surface area (Å²) in [7, 11) is 1.44. The molecule has 302 valence electrons. The number of carbonyl (C=O) groups excluding carboxylic acids is 1. The number of esters is 1.